The number of aryl methyl sites for hydroxylation is 2. The SMILES string of the molecule is O=c1cc(-c2ccccc2)[nH]c2c3c(ccc12)CCC3. The summed E-state index contributed by atoms with van der Waals surface area (Å²) in [5, 5.41) is 0.810. The summed E-state index contributed by atoms with van der Waals surface area (Å²) in [7, 11) is 0. The van der Waals surface area contributed by atoms with Crippen LogP contribution in [0.3, 0.4) is 0 Å². The molecule has 0 atom stereocenters. The molecule has 1 aliphatic rings. The molecular formula is C18H15NO. The Hall–Kier alpha value is -2.35. The number of pyridine rings is 1. The Kier molecular flexibility index (Phi) is 2.49. The second-order valence-electron chi connectivity index (χ2n) is 5.39. The fraction of sp³-hybridized carbons (Fsp3) is 0.167. The molecule has 0 aliphatic heterocycles. The Morgan fingerprint density at radius 2 is 1.80 bits per heavy atom. The number of benzene rings is 2. The third-order valence-electron chi connectivity index (χ3n) is 4.17. The first-order chi connectivity index (χ1) is 9.83. The molecule has 1 N–H and O–H groups in total. The Bertz CT molecular complexity index is 846. The minimum absolute atomic E-state index is 0.104. The van der Waals surface area contributed by atoms with E-state index >= 15 is 0 Å². The third-order valence-corrected chi connectivity index (χ3v) is 4.17. The Morgan fingerprint density at radius 3 is 2.65 bits per heavy atom. The van der Waals surface area contributed by atoms with Crippen LogP contribution in [-0.2, 0) is 12.8 Å². The van der Waals surface area contributed by atoms with Crippen molar-refractivity contribution in [3.8, 4) is 11.3 Å². The van der Waals surface area contributed by atoms with E-state index in [2.05, 4.69) is 11.1 Å². The minimum Gasteiger partial charge on any atom is -0.354 e. The van der Waals surface area contributed by atoms with Gasteiger partial charge in [-0.2, -0.15) is 0 Å². The Balaban J connectivity index is 2.04. The maximum Gasteiger partial charge on any atom is 0.190 e. The van der Waals surface area contributed by atoms with Crippen LogP contribution in [0.5, 0.6) is 0 Å². The van der Waals surface area contributed by atoms with E-state index in [9.17, 15) is 4.79 Å². The number of aromatic nitrogens is 1. The molecule has 3 aromatic rings. The number of nitrogens with one attached hydrogen (secondary N) is 1. The smallest absolute Gasteiger partial charge is 0.190 e. The lowest BCUT2D eigenvalue weighted by molar-refractivity contribution is 0.913. The maximum atomic E-state index is 12.4. The zero-order chi connectivity index (χ0) is 13.5. The first kappa shape index (κ1) is 11.5. The summed E-state index contributed by atoms with van der Waals surface area (Å²) >= 11 is 0. The fourth-order valence-electron chi connectivity index (χ4n) is 3.17. The number of fused-ring (bicyclic) bond motifs is 3. The lowest BCUT2D eigenvalue weighted by atomic mass is 10.0. The van der Waals surface area contributed by atoms with E-state index in [-0.39, 0.29) is 5.43 Å². The summed E-state index contributed by atoms with van der Waals surface area (Å²) in [6.45, 7) is 0. The van der Waals surface area contributed by atoms with Crippen molar-refractivity contribution in [3.05, 3.63) is 69.9 Å². The van der Waals surface area contributed by atoms with Crippen LogP contribution in [0.4, 0.5) is 0 Å². The molecule has 0 saturated carbocycles. The number of hydrogen-bond donors (Lipinski definition) is 1. The van der Waals surface area contributed by atoms with Crippen LogP contribution < -0.4 is 5.43 Å². The molecule has 0 radical (unpaired) electrons. The zero-order valence-corrected chi connectivity index (χ0v) is 11.1. The van der Waals surface area contributed by atoms with E-state index in [4.69, 9.17) is 0 Å². The molecule has 98 valence electrons. The second-order valence-corrected chi connectivity index (χ2v) is 5.39. The monoisotopic (exact) mass is 261 g/mol. The molecule has 0 amide bonds. The lowest BCUT2D eigenvalue weighted by Crippen LogP contribution is -2.05. The van der Waals surface area contributed by atoms with Crippen LogP contribution in [0, 0.1) is 0 Å². The summed E-state index contributed by atoms with van der Waals surface area (Å²) in [5.41, 5.74) is 5.82. The zero-order valence-electron chi connectivity index (χ0n) is 11.1. The molecule has 0 unspecified atom stereocenters. The van der Waals surface area contributed by atoms with Gasteiger partial charge in [-0.25, -0.2) is 0 Å². The topological polar surface area (TPSA) is 32.9 Å². The van der Waals surface area contributed by atoms with Crippen molar-refractivity contribution in [1.29, 1.82) is 0 Å². The molecule has 2 nitrogen and oxygen atoms in total. The van der Waals surface area contributed by atoms with Gasteiger partial charge >= 0.3 is 0 Å². The molecule has 0 fully saturated rings. The number of H-pyrrole nitrogens is 1. The Labute approximate surface area is 117 Å². The van der Waals surface area contributed by atoms with Crippen molar-refractivity contribution in [2.45, 2.75) is 19.3 Å². The number of hydrogen-bond acceptors (Lipinski definition) is 1. The van der Waals surface area contributed by atoms with Gasteiger partial charge < -0.3 is 4.98 Å². The quantitative estimate of drug-likeness (QED) is 0.712. The van der Waals surface area contributed by atoms with Crippen molar-refractivity contribution < 1.29 is 0 Å². The van der Waals surface area contributed by atoms with Crippen LogP contribution >= 0.6 is 0 Å². The predicted molar refractivity (Wildman–Crippen MR) is 82.0 cm³/mol. The van der Waals surface area contributed by atoms with Crippen LogP contribution in [-0.4, -0.2) is 4.98 Å². The Morgan fingerprint density at radius 1 is 0.950 bits per heavy atom. The van der Waals surface area contributed by atoms with Gasteiger partial charge in [-0.15, -0.1) is 0 Å². The normalized spacial score (nSPS) is 13.6. The number of aromatic amines is 1. The van der Waals surface area contributed by atoms with E-state index in [0.717, 1.165) is 35.0 Å². The third kappa shape index (κ3) is 1.68. The maximum absolute atomic E-state index is 12.4. The van der Waals surface area contributed by atoms with Crippen LogP contribution in [0.15, 0.2) is 53.3 Å². The minimum atomic E-state index is 0.104. The standard InChI is InChI=1S/C18H15NO/c20-17-11-16(13-5-2-1-3-6-13)19-18-14-8-4-7-12(14)9-10-15(17)18/h1-3,5-6,9-11H,4,7-8H2,(H,19,20). The summed E-state index contributed by atoms with van der Waals surface area (Å²) in [6.07, 6.45) is 3.38. The highest BCUT2D eigenvalue weighted by atomic mass is 16.1. The largest absolute Gasteiger partial charge is 0.354 e. The predicted octanol–water partition coefficient (Wildman–Crippen LogP) is 3.68. The molecule has 2 heteroatoms. The molecular weight excluding hydrogens is 246 g/mol. The van der Waals surface area contributed by atoms with Gasteiger partial charge in [0.05, 0.1) is 5.52 Å². The summed E-state index contributed by atoms with van der Waals surface area (Å²) in [6, 6.07) is 15.8. The molecule has 0 spiro atoms. The van der Waals surface area contributed by atoms with Crippen molar-refractivity contribution >= 4 is 10.9 Å². The van der Waals surface area contributed by atoms with Gasteiger partial charge in [0.25, 0.3) is 0 Å². The molecule has 0 bridgehead atoms. The fourth-order valence-corrected chi connectivity index (χ4v) is 3.17. The first-order valence-electron chi connectivity index (χ1n) is 7.06. The van der Waals surface area contributed by atoms with Crippen LogP contribution in [0.2, 0.25) is 0 Å². The first-order valence-corrected chi connectivity index (χ1v) is 7.06. The van der Waals surface area contributed by atoms with E-state index in [1.54, 1.807) is 6.07 Å². The van der Waals surface area contributed by atoms with Crippen LogP contribution in [0.1, 0.15) is 17.5 Å². The van der Waals surface area contributed by atoms with Crippen molar-refractivity contribution in [3.63, 3.8) is 0 Å². The van der Waals surface area contributed by atoms with Gasteiger partial charge in [-0.05, 0) is 42.0 Å². The van der Waals surface area contributed by atoms with E-state index in [0.29, 0.717) is 0 Å². The van der Waals surface area contributed by atoms with Gasteiger partial charge in [0.15, 0.2) is 5.43 Å². The summed E-state index contributed by atoms with van der Waals surface area (Å²) in [5.74, 6) is 0. The van der Waals surface area contributed by atoms with Crippen molar-refractivity contribution in [2.75, 3.05) is 0 Å². The van der Waals surface area contributed by atoms with Crippen LogP contribution in [0.25, 0.3) is 22.2 Å². The van der Waals surface area contributed by atoms with E-state index in [1.165, 1.54) is 17.5 Å². The summed E-state index contributed by atoms with van der Waals surface area (Å²) in [4.78, 5) is 15.8. The molecule has 1 aliphatic carbocycles. The van der Waals surface area contributed by atoms with Gasteiger partial charge in [0.2, 0.25) is 0 Å². The van der Waals surface area contributed by atoms with E-state index < -0.39 is 0 Å². The van der Waals surface area contributed by atoms with Gasteiger partial charge in [-0.1, -0.05) is 36.4 Å². The number of rotatable bonds is 1. The molecule has 4 rings (SSSR count). The molecule has 1 heterocycles. The average Bonchev–Trinajstić information content (AvgIpc) is 2.97. The molecule has 1 aromatic heterocycles. The van der Waals surface area contributed by atoms with Gasteiger partial charge in [0.1, 0.15) is 0 Å². The highest BCUT2D eigenvalue weighted by Gasteiger charge is 2.16. The van der Waals surface area contributed by atoms with Crippen molar-refractivity contribution in [1.82, 2.24) is 4.98 Å². The van der Waals surface area contributed by atoms with Gasteiger partial charge in [0, 0.05) is 17.1 Å². The molecule has 2 aromatic carbocycles. The van der Waals surface area contributed by atoms with Gasteiger partial charge in [-0.3, -0.25) is 4.79 Å². The van der Waals surface area contributed by atoms with E-state index in [1.807, 2.05) is 36.4 Å². The molecule has 20 heavy (non-hydrogen) atoms. The van der Waals surface area contributed by atoms with Crippen molar-refractivity contribution in [2.24, 2.45) is 0 Å². The lowest BCUT2D eigenvalue weighted by Gasteiger charge is -2.08. The summed E-state index contributed by atoms with van der Waals surface area (Å²) < 4.78 is 0. The highest BCUT2D eigenvalue weighted by Crippen LogP contribution is 2.28. The molecule has 0 saturated heterocycles. The average molecular weight is 261 g/mol. The highest BCUT2D eigenvalue weighted by molar-refractivity contribution is 5.85. The second kappa shape index (κ2) is 4.34.